The monoisotopic (exact) mass is 404 g/mol. The molecule has 0 atom stereocenters. The third-order valence-electron chi connectivity index (χ3n) is 3.69. The molecule has 2 aromatic heterocycles. The van der Waals surface area contributed by atoms with E-state index in [2.05, 4.69) is 10.4 Å². The molecular formula is C17H16N4O4S2. The van der Waals surface area contributed by atoms with Crippen molar-refractivity contribution in [2.75, 3.05) is 6.54 Å². The Balaban J connectivity index is 1.63. The minimum absolute atomic E-state index is 0.0693. The Kier molecular flexibility index (Phi) is 5.49. The highest BCUT2D eigenvalue weighted by atomic mass is 32.2. The summed E-state index contributed by atoms with van der Waals surface area (Å²) in [6.07, 6.45) is 0. The molecule has 0 saturated heterocycles. The van der Waals surface area contributed by atoms with E-state index in [0.29, 0.717) is 5.69 Å². The number of benzene rings is 1. The predicted octanol–water partition coefficient (Wildman–Crippen LogP) is 1.05. The second kappa shape index (κ2) is 7.82. The average molecular weight is 404 g/mol. The lowest BCUT2D eigenvalue weighted by molar-refractivity contribution is 0.0951. The number of carbonyl (C=O) groups is 1. The molecule has 0 radical (unpaired) electrons. The van der Waals surface area contributed by atoms with Gasteiger partial charge >= 0.3 is 0 Å². The number of thiophene rings is 1. The van der Waals surface area contributed by atoms with Gasteiger partial charge in [-0.1, -0.05) is 6.07 Å². The zero-order valence-corrected chi connectivity index (χ0v) is 15.7. The highest BCUT2D eigenvalue weighted by Gasteiger charge is 2.10. The van der Waals surface area contributed by atoms with E-state index >= 15 is 0 Å². The van der Waals surface area contributed by atoms with Gasteiger partial charge in [0.25, 0.3) is 11.5 Å². The summed E-state index contributed by atoms with van der Waals surface area (Å²) < 4.78 is 23.7. The lowest BCUT2D eigenvalue weighted by atomic mass is 10.2. The third kappa shape index (κ3) is 4.67. The Morgan fingerprint density at radius 1 is 1.15 bits per heavy atom. The second-order valence-electron chi connectivity index (χ2n) is 5.58. The van der Waals surface area contributed by atoms with Gasteiger partial charge in [-0.3, -0.25) is 9.59 Å². The van der Waals surface area contributed by atoms with Crippen LogP contribution in [0.5, 0.6) is 0 Å². The second-order valence-corrected chi connectivity index (χ2v) is 8.09. The predicted molar refractivity (Wildman–Crippen MR) is 102 cm³/mol. The van der Waals surface area contributed by atoms with Gasteiger partial charge in [-0.05, 0) is 41.8 Å². The first-order valence-corrected chi connectivity index (χ1v) is 10.3. The van der Waals surface area contributed by atoms with Crippen LogP contribution >= 0.6 is 11.3 Å². The summed E-state index contributed by atoms with van der Waals surface area (Å²) in [7, 11) is -3.80. The van der Waals surface area contributed by atoms with Crippen LogP contribution in [0.4, 0.5) is 0 Å². The fraction of sp³-hybridized carbons (Fsp3) is 0.118. The van der Waals surface area contributed by atoms with Crippen LogP contribution in [-0.2, 0) is 16.6 Å². The number of primary sulfonamides is 1. The molecule has 0 unspecified atom stereocenters. The van der Waals surface area contributed by atoms with E-state index < -0.39 is 15.9 Å². The number of aromatic nitrogens is 2. The van der Waals surface area contributed by atoms with Crippen LogP contribution < -0.4 is 16.0 Å². The Bertz CT molecular complexity index is 1100. The lowest BCUT2D eigenvalue weighted by Crippen LogP contribution is -2.31. The fourth-order valence-corrected chi connectivity index (χ4v) is 3.54. The van der Waals surface area contributed by atoms with E-state index in [-0.39, 0.29) is 29.1 Å². The van der Waals surface area contributed by atoms with Gasteiger partial charge in [0.15, 0.2) is 0 Å². The van der Waals surface area contributed by atoms with Crippen molar-refractivity contribution in [3.05, 3.63) is 69.8 Å². The summed E-state index contributed by atoms with van der Waals surface area (Å²) >= 11 is 1.52. The Hall–Kier alpha value is -2.82. The molecule has 0 aliphatic carbocycles. The topological polar surface area (TPSA) is 124 Å². The van der Waals surface area contributed by atoms with E-state index in [4.69, 9.17) is 5.14 Å². The van der Waals surface area contributed by atoms with Crippen molar-refractivity contribution in [3.63, 3.8) is 0 Å². The summed E-state index contributed by atoms with van der Waals surface area (Å²) in [5, 5.41) is 13.9. The Morgan fingerprint density at radius 3 is 2.52 bits per heavy atom. The van der Waals surface area contributed by atoms with Crippen LogP contribution in [-0.4, -0.2) is 30.7 Å². The molecule has 140 valence electrons. The van der Waals surface area contributed by atoms with Crippen molar-refractivity contribution in [1.82, 2.24) is 15.1 Å². The fourth-order valence-electron chi connectivity index (χ4n) is 2.34. The summed E-state index contributed by atoms with van der Waals surface area (Å²) in [4.78, 5) is 25.0. The molecule has 1 aromatic carbocycles. The Morgan fingerprint density at radius 2 is 1.89 bits per heavy atom. The number of nitrogens with zero attached hydrogens (tertiary/aromatic N) is 2. The smallest absolute Gasteiger partial charge is 0.266 e. The number of sulfonamides is 1. The Labute approximate surface area is 159 Å². The van der Waals surface area contributed by atoms with Crippen LogP contribution in [0.15, 0.2) is 63.6 Å². The molecule has 27 heavy (non-hydrogen) atoms. The number of carbonyl (C=O) groups excluding carboxylic acids is 1. The molecule has 0 spiro atoms. The summed E-state index contributed by atoms with van der Waals surface area (Å²) in [5.41, 5.74) is 0.714. The molecule has 0 bridgehead atoms. The van der Waals surface area contributed by atoms with Crippen molar-refractivity contribution in [2.45, 2.75) is 11.4 Å². The minimum atomic E-state index is -3.80. The highest BCUT2D eigenvalue weighted by Crippen LogP contribution is 2.20. The third-order valence-corrected chi connectivity index (χ3v) is 5.52. The van der Waals surface area contributed by atoms with Crippen molar-refractivity contribution < 1.29 is 13.2 Å². The van der Waals surface area contributed by atoms with E-state index in [9.17, 15) is 18.0 Å². The molecule has 0 aliphatic heterocycles. The van der Waals surface area contributed by atoms with Crippen LogP contribution in [0.25, 0.3) is 10.6 Å². The summed E-state index contributed by atoms with van der Waals surface area (Å²) in [6, 6.07) is 12.2. The van der Waals surface area contributed by atoms with Crippen LogP contribution in [0.1, 0.15) is 10.4 Å². The van der Waals surface area contributed by atoms with Gasteiger partial charge in [-0.15, -0.1) is 11.3 Å². The van der Waals surface area contributed by atoms with E-state index in [1.807, 2.05) is 17.5 Å². The van der Waals surface area contributed by atoms with Gasteiger partial charge in [-0.2, -0.15) is 5.10 Å². The molecule has 3 N–H and O–H groups in total. The maximum Gasteiger partial charge on any atom is 0.266 e. The summed E-state index contributed by atoms with van der Waals surface area (Å²) in [6.45, 7) is 0.398. The van der Waals surface area contributed by atoms with Gasteiger partial charge in [0.2, 0.25) is 10.0 Å². The van der Waals surface area contributed by atoms with Crippen molar-refractivity contribution in [2.24, 2.45) is 5.14 Å². The van der Waals surface area contributed by atoms with Crippen molar-refractivity contribution in [3.8, 4) is 10.6 Å². The first kappa shape index (κ1) is 19.0. The van der Waals surface area contributed by atoms with E-state index in [1.165, 1.54) is 46.4 Å². The molecule has 3 aromatic rings. The van der Waals surface area contributed by atoms with Crippen LogP contribution in [0, 0.1) is 0 Å². The quantitative estimate of drug-likeness (QED) is 0.635. The van der Waals surface area contributed by atoms with Crippen molar-refractivity contribution >= 4 is 27.3 Å². The lowest BCUT2D eigenvalue weighted by Gasteiger charge is -2.08. The largest absolute Gasteiger partial charge is 0.350 e. The highest BCUT2D eigenvalue weighted by molar-refractivity contribution is 7.89. The number of hydrogen-bond acceptors (Lipinski definition) is 6. The first-order valence-electron chi connectivity index (χ1n) is 7.88. The van der Waals surface area contributed by atoms with E-state index in [1.54, 1.807) is 6.07 Å². The van der Waals surface area contributed by atoms with Crippen LogP contribution in [0.2, 0.25) is 0 Å². The number of nitrogens with two attached hydrogens (primary N) is 1. The van der Waals surface area contributed by atoms with Gasteiger partial charge in [0.05, 0.1) is 16.3 Å². The molecule has 10 heteroatoms. The molecule has 0 fully saturated rings. The van der Waals surface area contributed by atoms with Gasteiger partial charge in [0.1, 0.15) is 5.69 Å². The molecule has 8 nitrogen and oxygen atoms in total. The minimum Gasteiger partial charge on any atom is -0.350 e. The first-order chi connectivity index (χ1) is 12.8. The summed E-state index contributed by atoms with van der Waals surface area (Å²) in [5.74, 6) is -0.390. The molecule has 0 saturated carbocycles. The van der Waals surface area contributed by atoms with Crippen LogP contribution in [0.3, 0.4) is 0 Å². The number of rotatable bonds is 6. The normalized spacial score (nSPS) is 11.3. The van der Waals surface area contributed by atoms with E-state index in [0.717, 1.165) is 4.88 Å². The maximum absolute atomic E-state index is 12.1. The maximum atomic E-state index is 12.1. The van der Waals surface area contributed by atoms with Crippen molar-refractivity contribution in [1.29, 1.82) is 0 Å². The molecular weight excluding hydrogens is 388 g/mol. The zero-order valence-electron chi connectivity index (χ0n) is 14.0. The standard InChI is InChI=1S/C17H16N4O4S2/c18-27(24,25)13-5-3-12(4-6-13)17(23)19-9-10-21-16(22)8-7-14(20-21)15-2-1-11-26-15/h1-8,11H,9-10H2,(H,19,23)(H2,18,24,25). The number of nitrogens with one attached hydrogen (secondary N) is 1. The SMILES string of the molecule is NS(=O)(=O)c1ccc(C(=O)NCCn2nc(-c3cccs3)ccc2=O)cc1. The van der Waals surface area contributed by atoms with Gasteiger partial charge in [0, 0.05) is 18.2 Å². The molecule has 0 aliphatic rings. The number of amides is 1. The molecule has 2 heterocycles. The number of hydrogen-bond donors (Lipinski definition) is 2. The van der Waals surface area contributed by atoms with Gasteiger partial charge in [-0.25, -0.2) is 18.2 Å². The molecule has 3 rings (SSSR count). The zero-order chi connectivity index (χ0) is 19.4. The van der Waals surface area contributed by atoms with Gasteiger partial charge < -0.3 is 5.32 Å². The average Bonchev–Trinajstić information content (AvgIpc) is 3.17. The molecule has 1 amide bonds.